The van der Waals surface area contributed by atoms with Crippen LogP contribution in [-0.2, 0) is 20.7 Å². The highest BCUT2D eigenvalue weighted by atomic mass is 16.6. The lowest BCUT2D eigenvalue weighted by Gasteiger charge is -2.33. The number of esters is 1. The maximum absolute atomic E-state index is 13.7. The van der Waals surface area contributed by atoms with Crippen LogP contribution in [-0.4, -0.2) is 61.8 Å². The molecule has 1 fully saturated rings. The third-order valence-corrected chi connectivity index (χ3v) is 7.17. The molecule has 3 rings (SSSR count). The maximum Gasteiger partial charge on any atom is 0.408 e. The highest BCUT2D eigenvalue weighted by Gasteiger charge is 2.32. The molecule has 0 radical (unpaired) electrons. The van der Waals surface area contributed by atoms with Gasteiger partial charge in [0.2, 0.25) is 6.10 Å². The molecule has 0 spiro atoms. The molecule has 1 unspecified atom stereocenters. The van der Waals surface area contributed by atoms with Crippen molar-refractivity contribution in [1.82, 2.24) is 10.2 Å². The Bertz CT molecular complexity index is 1060. The Morgan fingerprint density at radius 1 is 1.08 bits per heavy atom. The maximum atomic E-state index is 13.7. The molecule has 1 heterocycles. The molecule has 0 aromatic heterocycles. The Morgan fingerprint density at radius 2 is 1.82 bits per heavy atom. The SMILES string of the molecule is CCC(CC)CN(C[C@@H](C)C(Cc1ccccc1)NC(=O)O[C@@H]1CCOC1=O)C(=O)c1cccc(OC)c1. The summed E-state index contributed by atoms with van der Waals surface area (Å²) < 4.78 is 15.6. The van der Waals surface area contributed by atoms with Gasteiger partial charge in [-0.1, -0.05) is 70.0 Å². The van der Waals surface area contributed by atoms with Crippen molar-refractivity contribution in [3.05, 3.63) is 65.7 Å². The van der Waals surface area contributed by atoms with Crippen LogP contribution in [0.5, 0.6) is 5.75 Å². The predicted molar refractivity (Wildman–Crippen MR) is 145 cm³/mol. The van der Waals surface area contributed by atoms with Crippen molar-refractivity contribution >= 4 is 18.0 Å². The number of ether oxygens (including phenoxy) is 3. The van der Waals surface area contributed by atoms with E-state index in [9.17, 15) is 14.4 Å². The third-order valence-electron chi connectivity index (χ3n) is 7.17. The molecule has 8 heteroatoms. The molecule has 8 nitrogen and oxygen atoms in total. The Hall–Kier alpha value is -3.55. The van der Waals surface area contributed by atoms with E-state index in [1.807, 2.05) is 54.3 Å². The standard InChI is InChI=1S/C30H40N2O6/c1-5-22(6-2)20-32(28(33)24-13-10-14-25(18-24)36-4)19-21(3)26(17-23-11-8-7-9-12-23)31-30(35)38-27-15-16-37-29(27)34/h7-14,18,21-22,26-27H,5-6,15-17,19-20H2,1-4H3,(H,31,35)/t21-,26?,27-/m1/s1. The minimum Gasteiger partial charge on any atom is -0.497 e. The van der Waals surface area contributed by atoms with E-state index >= 15 is 0 Å². The number of hydrogen-bond acceptors (Lipinski definition) is 6. The molecule has 0 bridgehead atoms. The number of carbonyl (C=O) groups is 3. The number of amides is 2. The van der Waals surface area contributed by atoms with Gasteiger partial charge in [0.05, 0.1) is 13.7 Å². The fraction of sp³-hybridized carbons (Fsp3) is 0.500. The molecule has 2 aromatic rings. The van der Waals surface area contributed by atoms with Crippen LogP contribution in [0.3, 0.4) is 0 Å². The first-order valence-corrected chi connectivity index (χ1v) is 13.5. The van der Waals surface area contributed by atoms with Gasteiger partial charge in [0, 0.05) is 31.1 Å². The van der Waals surface area contributed by atoms with E-state index in [0.29, 0.717) is 43.2 Å². The van der Waals surface area contributed by atoms with Crippen molar-refractivity contribution in [2.45, 2.75) is 58.6 Å². The summed E-state index contributed by atoms with van der Waals surface area (Å²) in [6, 6.07) is 16.7. The zero-order valence-electron chi connectivity index (χ0n) is 22.9. The summed E-state index contributed by atoms with van der Waals surface area (Å²) in [4.78, 5) is 40.2. The summed E-state index contributed by atoms with van der Waals surface area (Å²) in [5.74, 6) is 0.284. The van der Waals surface area contributed by atoms with Gasteiger partial charge in [-0.25, -0.2) is 9.59 Å². The zero-order chi connectivity index (χ0) is 27.5. The van der Waals surface area contributed by atoms with E-state index in [-0.39, 0.29) is 24.5 Å². The first-order valence-electron chi connectivity index (χ1n) is 13.5. The summed E-state index contributed by atoms with van der Waals surface area (Å²) in [7, 11) is 1.58. The summed E-state index contributed by atoms with van der Waals surface area (Å²) in [5.41, 5.74) is 1.62. The Morgan fingerprint density at radius 3 is 2.45 bits per heavy atom. The number of carbonyl (C=O) groups excluding carboxylic acids is 3. The molecule has 1 aliphatic rings. The molecule has 0 aliphatic carbocycles. The monoisotopic (exact) mass is 524 g/mol. The first-order chi connectivity index (χ1) is 18.3. The lowest BCUT2D eigenvalue weighted by Crippen LogP contribution is -2.48. The summed E-state index contributed by atoms with van der Waals surface area (Å²) in [6.45, 7) is 7.60. The van der Waals surface area contributed by atoms with Crippen LogP contribution in [0.2, 0.25) is 0 Å². The van der Waals surface area contributed by atoms with Crippen molar-refractivity contribution in [1.29, 1.82) is 0 Å². The van der Waals surface area contributed by atoms with E-state index in [4.69, 9.17) is 14.2 Å². The lowest BCUT2D eigenvalue weighted by atomic mass is 9.93. The second-order valence-corrected chi connectivity index (χ2v) is 9.89. The molecule has 3 atom stereocenters. The van der Waals surface area contributed by atoms with Gasteiger partial charge < -0.3 is 24.4 Å². The Labute approximate surface area is 225 Å². The van der Waals surface area contributed by atoms with Crippen molar-refractivity contribution in [2.24, 2.45) is 11.8 Å². The van der Waals surface area contributed by atoms with Gasteiger partial charge in [-0.15, -0.1) is 0 Å². The van der Waals surface area contributed by atoms with Crippen LogP contribution in [0.4, 0.5) is 4.79 Å². The first kappa shape index (κ1) is 29.0. The number of alkyl carbamates (subject to hydrolysis) is 1. The Balaban J connectivity index is 1.81. The minimum absolute atomic E-state index is 0.0719. The van der Waals surface area contributed by atoms with Gasteiger partial charge in [-0.05, 0) is 42.0 Å². The van der Waals surface area contributed by atoms with Gasteiger partial charge in [0.25, 0.3) is 5.91 Å². The number of rotatable bonds is 13. The summed E-state index contributed by atoms with van der Waals surface area (Å²) in [5, 5.41) is 2.97. The number of cyclic esters (lactones) is 1. The fourth-order valence-electron chi connectivity index (χ4n) is 4.67. The van der Waals surface area contributed by atoms with E-state index < -0.39 is 18.2 Å². The molecule has 206 valence electrons. The van der Waals surface area contributed by atoms with Crippen LogP contribution >= 0.6 is 0 Å². The van der Waals surface area contributed by atoms with Gasteiger partial charge >= 0.3 is 12.1 Å². The van der Waals surface area contributed by atoms with Crippen LogP contribution in [0.25, 0.3) is 0 Å². The lowest BCUT2D eigenvalue weighted by molar-refractivity contribution is -0.144. The average molecular weight is 525 g/mol. The normalized spacial score (nSPS) is 16.4. The van der Waals surface area contributed by atoms with Crippen LogP contribution in [0, 0.1) is 11.8 Å². The summed E-state index contributed by atoms with van der Waals surface area (Å²) in [6.07, 6.45) is 1.28. The van der Waals surface area contributed by atoms with Crippen LogP contribution < -0.4 is 10.1 Å². The van der Waals surface area contributed by atoms with E-state index in [1.54, 1.807) is 19.2 Å². The highest BCUT2D eigenvalue weighted by Crippen LogP contribution is 2.21. The molecule has 38 heavy (non-hydrogen) atoms. The second-order valence-electron chi connectivity index (χ2n) is 9.89. The topological polar surface area (TPSA) is 94.2 Å². The molecular weight excluding hydrogens is 484 g/mol. The number of methoxy groups -OCH3 is 1. The fourth-order valence-corrected chi connectivity index (χ4v) is 4.67. The Kier molecular flexibility index (Phi) is 11.0. The molecule has 0 saturated carbocycles. The van der Waals surface area contributed by atoms with E-state index in [1.165, 1.54) is 0 Å². The molecule has 2 amide bonds. The quantitative estimate of drug-likeness (QED) is 0.376. The predicted octanol–water partition coefficient (Wildman–Crippen LogP) is 4.86. The van der Waals surface area contributed by atoms with Crippen molar-refractivity contribution in [3.63, 3.8) is 0 Å². The van der Waals surface area contributed by atoms with Crippen molar-refractivity contribution < 1.29 is 28.6 Å². The number of nitrogens with one attached hydrogen (secondary N) is 1. The van der Waals surface area contributed by atoms with Gasteiger partial charge in [0.15, 0.2) is 0 Å². The smallest absolute Gasteiger partial charge is 0.408 e. The minimum atomic E-state index is -0.885. The van der Waals surface area contributed by atoms with E-state index in [2.05, 4.69) is 19.2 Å². The second kappa shape index (κ2) is 14.4. The molecule has 1 N–H and O–H groups in total. The molecule has 2 aromatic carbocycles. The molecular formula is C30H40N2O6. The van der Waals surface area contributed by atoms with Crippen molar-refractivity contribution in [2.75, 3.05) is 26.8 Å². The number of benzene rings is 2. The molecule has 1 aliphatic heterocycles. The number of hydrogen-bond donors (Lipinski definition) is 1. The average Bonchev–Trinajstić information content (AvgIpc) is 3.34. The largest absolute Gasteiger partial charge is 0.497 e. The zero-order valence-corrected chi connectivity index (χ0v) is 22.9. The van der Waals surface area contributed by atoms with Crippen LogP contribution in [0.15, 0.2) is 54.6 Å². The van der Waals surface area contributed by atoms with Gasteiger partial charge in [-0.3, -0.25) is 4.79 Å². The third kappa shape index (κ3) is 8.23. The van der Waals surface area contributed by atoms with Gasteiger partial charge in [0.1, 0.15) is 5.75 Å². The van der Waals surface area contributed by atoms with E-state index in [0.717, 1.165) is 18.4 Å². The molecule has 1 saturated heterocycles. The highest BCUT2D eigenvalue weighted by molar-refractivity contribution is 5.94. The van der Waals surface area contributed by atoms with Gasteiger partial charge in [-0.2, -0.15) is 0 Å². The summed E-state index contributed by atoms with van der Waals surface area (Å²) >= 11 is 0. The van der Waals surface area contributed by atoms with Crippen LogP contribution in [0.1, 0.15) is 56.0 Å². The van der Waals surface area contributed by atoms with Crippen molar-refractivity contribution in [3.8, 4) is 5.75 Å². The number of nitrogens with zero attached hydrogens (tertiary/aromatic N) is 1.